The average molecular weight is 731 g/mol. The Kier molecular flexibility index (Phi) is 6.83. The second-order valence-electron chi connectivity index (χ2n) is 14.4. The van der Waals surface area contributed by atoms with Crippen LogP contribution in [0.5, 0.6) is 0 Å². The molecular weight excluding hydrogens is 701 g/mol. The van der Waals surface area contributed by atoms with E-state index in [0.29, 0.717) is 17.5 Å². The van der Waals surface area contributed by atoms with Gasteiger partial charge in [-0.15, -0.1) is 0 Å². The fourth-order valence-corrected chi connectivity index (χ4v) is 8.41. The molecule has 12 rings (SSSR count). The van der Waals surface area contributed by atoms with Gasteiger partial charge in [0.05, 0.1) is 16.6 Å². The third-order valence-electron chi connectivity index (χ3n) is 11.1. The van der Waals surface area contributed by atoms with Crippen molar-refractivity contribution in [2.24, 2.45) is 0 Å². The lowest BCUT2D eigenvalue weighted by atomic mass is 9.99. The highest BCUT2D eigenvalue weighted by molar-refractivity contribution is 6.19. The van der Waals surface area contributed by atoms with E-state index >= 15 is 0 Å². The van der Waals surface area contributed by atoms with Crippen LogP contribution in [-0.2, 0) is 0 Å². The molecule has 0 radical (unpaired) electrons. The van der Waals surface area contributed by atoms with Crippen molar-refractivity contribution in [3.8, 4) is 51.0 Å². The first kappa shape index (κ1) is 31.5. The van der Waals surface area contributed by atoms with Gasteiger partial charge in [0.25, 0.3) is 0 Å². The molecule has 0 aliphatic rings. The quantitative estimate of drug-likeness (QED) is 0.176. The van der Waals surface area contributed by atoms with Gasteiger partial charge in [0.1, 0.15) is 22.3 Å². The molecular formula is C51H30N4O2. The molecule has 12 aromatic rings. The van der Waals surface area contributed by atoms with Crippen molar-refractivity contribution in [1.82, 2.24) is 19.5 Å². The van der Waals surface area contributed by atoms with Crippen LogP contribution in [0, 0.1) is 0 Å². The number of para-hydroxylation sites is 4. The normalized spacial score (nSPS) is 11.9. The fourth-order valence-electron chi connectivity index (χ4n) is 8.41. The Labute approximate surface area is 325 Å². The van der Waals surface area contributed by atoms with Crippen molar-refractivity contribution in [2.75, 3.05) is 0 Å². The summed E-state index contributed by atoms with van der Waals surface area (Å²) in [7, 11) is 0. The van der Waals surface area contributed by atoms with E-state index in [-0.39, 0.29) is 0 Å². The van der Waals surface area contributed by atoms with Crippen LogP contribution in [-0.4, -0.2) is 19.5 Å². The Morgan fingerprint density at radius 3 is 1.63 bits per heavy atom. The van der Waals surface area contributed by atoms with E-state index in [1.807, 2.05) is 78.9 Å². The highest BCUT2D eigenvalue weighted by Crippen LogP contribution is 2.43. The zero-order valence-electron chi connectivity index (χ0n) is 30.4. The van der Waals surface area contributed by atoms with E-state index in [9.17, 15) is 0 Å². The van der Waals surface area contributed by atoms with Crippen molar-refractivity contribution in [3.63, 3.8) is 0 Å². The molecule has 6 nitrogen and oxygen atoms in total. The Bertz CT molecular complexity index is 3450. The number of fused-ring (bicyclic) bond motifs is 9. The maximum atomic E-state index is 6.97. The van der Waals surface area contributed by atoms with Gasteiger partial charge in [-0.2, -0.15) is 0 Å². The van der Waals surface area contributed by atoms with Crippen molar-refractivity contribution in [2.45, 2.75) is 0 Å². The predicted octanol–water partition coefficient (Wildman–Crippen LogP) is 13.4. The van der Waals surface area contributed by atoms with Gasteiger partial charge < -0.3 is 13.4 Å². The summed E-state index contributed by atoms with van der Waals surface area (Å²) in [6.07, 6.45) is 0. The molecule has 0 aliphatic carbocycles. The Balaban J connectivity index is 1.07. The van der Waals surface area contributed by atoms with Crippen LogP contribution < -0.4 is 0 Å². The first-order chi connectivity index (χ1) is 28.2. The summed E-state index contributed by atoms with van der Waals surface area (Å²) in [5.41, 5.74) is 11.3. The molecule has 0 bridgehead atoms. The summed E-state index contributed by atoms with van der Waals surface area (Å²) in [4.78, 5) is 15.0. The molecule has 0 saturated heterocycles. The van der Waals surface area contributed by atoms with Crippen LogP contribution in [0.15, 0.2) is 191 Å². The lowest BCUT2D eigenvalue weighted by Crippen LogP contribution is -2.00. The molecule has 4 heterocycles. The van der Waals surface area contributed by atoms with Crippen LogP contribution in [0.4, 0.5) is 0 Å². The number of nitrogens with zero attached hydrogens (tertiary/aromatic N) is 4. The molecule has 8 aromatic carbocycles. The van der Waals surface area contributed by atoms with Gasteiger partial charge in [-0.3, -0.25) is 0 Å². The minimum Gasteiger partial charge on any atom is -0.456 e. The molecule has 0 fully saturated rings. The molecule has 266 valence electrons. The van der Waals surface area contributed by atoms with E-state index in [2.05, 4.69) is 108 Å². The molecule has 0 amide bonds. The Morgan fingerprint density at radius 2 is 0.912 bits per heavy atom. The monoisotopic (exact) mass is 730 g/mol. The van der Waals surface area contributed by atoms with E-state index in [4.69, 9.17) is 23.8 Å². The van der Waals surface area contributed by atoms with Gasteiger partial charge >= 0.3 is 0 Å². The number of hydrogen-bond acceptors (Lipinski definition) is 5. The third kappa shape index (κ3) is 4.94. The van der Waals surface area contributed by atoms with Gasteiger partial charge in [-0.05, 0) is 48.0 Å². The van der Waals surface area contributed by atoms with Crippen LogP contribution in [0.25, 0.3) is 117 Å². The topological polar surface area (TPSA) is 69.9 Å². The molecule has 0 aliphatic heterocycles. The molecule has 4 aromatic heterocycles. The maximum absolute atomic E-state index is 6.97. The highest BCUT2D eigenvalue weighted by Gasteiger charge is 2.21. The molecule has 0 atom stereocenters. The number of aromatic nitrogens is 4. The second-order valence-corrected chi connectivity index (χ2v) is 14.4. The summed E-state index contributed by atoms with van der Waals surface area (Å²) in [6, 6.07) is 62.7. The standard InChI is InChI=1S/C51H30N4O2/c1-4-14-31(15-5-1)49-52-50(32-16-6-2-7-17-32)54-51(53-49)39-24-13-23-38-37-22-12-21-35(47(37)57-48(38)39)33-26-27-43-40(28-33)41-29-42-36-20-10-11-25-45(36)56-46(42)30-44(41)55(43)34-18-8-3-9-19-34/h1-30H. The van der Waals surface area contributed by atoms with Crippen LogP contribution in [0.1, 0.15) is 0 Å². The third-order valence-corrected chi connectivity index (χ3v) is 11.1. The molecule has 0 N–H and O–H groups in total. The zero-order valence-corrected chi connectivity index (χ0v) is 30.4. The van der Waals surface area contributed by atoms with E-state index in [1.54, 1.807) is 0 Å². The summed E-state index contributed by atoms with van der Waals surface area (Å²) < 4.78 is 15.7. The van der Waals surface area contributed by atoms with E-state index in [1.165, 1.54) is 0 Å². The number of benzene rings is 8. The number of rotatable bonds is 5. The fraction of sp³-hybridized carbons (Fsp3) is 0. The summed E-state index contributed by atoms with van der Waals surface area (Å²) in [5.74, 6) is 1.77. The van der Waals surface area contributed by atoms with Crippen LogP contribution in [0.2, 0.25) is 0 Å². The largest absolute Gasteiger partial charge is 0.456 e. The van der Waals surface area contributed by atoms with Crippen LogP contribution in [0.3, 0.4) is 0 Å². The highest BCUT2D eigenvalue weighted by atomic mass is 16.3. The van der Waals surface area contributed by atoms with Crippen molar-refractivity contribution in [1.29, 1.82) is 0 Å². The smallest absolute Gasteiger partial charge is 0.167 e. The minimum absolute atomic E-state index is 0.558. The summed E-state index contributed by atoms with van der Waals surface area (Å²) in [5, 5.41) is 6.56. The molecule has 0 saturated carbocycles. The van der Waals surface area contributed by atoms with Crippen molar-refractivity contribution in [3.05, 3.63) is 182 Å². The maximum Gasteiger partial charge on any atom is 0.167 e. The second kappa shape index (κ2) is 12.3. The van der Waals surface area contributed by atoms with Crippen molar-refractivity contribution < 1.29 is 8.83 Å². The Hall–Kier alpha value is -7.83. The molecule has 0 spiro atoms. The van der Waals surface area contributed by atoms with Crippen molar-refractivity contribution >= 4 is 65.7 Å². The predicted molar refractivity (Wildman–Crippen MR) is 230 cm³/mol. The summed E-state index contributed by atoms with van der Waals surface area (Å²) >= 11 is 0. The molecule has 0 unspecified atom stereocenters. The van der Waals surface area contributed by atoms with E-state index < -0.39 is 0 Å². The zero-order chi connectivity index (χ0) is 37.5. The molecule has 57 heavy (non-hydrogen) atoms. The van der Waals surface area contributed by atoms with Gasteiger partial charge in [0.15, 0.2) is 17.5 Å². The van der Waals surface area contributed by atoms with Gasteiger partial charge in [-0.1, -0.05) is 133 Å². The van der Waals surface area contributed by atoms with E-state index in [0.717, 1.165) is 99.2 Å². The minimum atomic E-state index is 0.558. The summed E-state index contributed by atoms with van der Waals surface area (Å²) in [6.45, 7) is 0. The first-order valence-electron chi connectivity index (χ1n) is 19.0. The van der Waals surface area contributed by atoms with Gasteiger partial charge in [0, 0.05) is 60.8 Å². The lowest BCUT2D eigenvalue weighted by molar-refractivity contribution is 0.669. The first-order valence-corrected chi connectivity index (χ1v) is 19.0. The Morgan fingerprint density at radius 1 is 0.333 bits per heavy atom. The van der Waals surface area contributed by atoms with Gasteiger partial charge in [-0.25, -0.2) is 15.0 Å². The number of furan rings is 2. The van der Waals surface area contributed by atoms with Gasteiger partial charge in [0.2, 0.25) is 0 Å². The average Bonchev–Trinajstić information content (AvgIpc) is 3.95. The lowest BCUT2D eigenvalue weighted by Gasteiger charge is -2.08. The SMILES string of the molecule is c1ccc(-c2nc(-c3ccccc3)nc(-c3cccc4c3oc3c(-c5ccc6c(c5)c5cc7c(cc5n6-c5ccccc5)oc5ccccc57)cccc34)n2)cc1. The molecule has 6 heteroatoms. The van der Waals surface area contributed by atoms with Crippen LogP contribution >= 0.6 is 0 Å². The number of hydrogen-bond donors (Lipinski definition) is 0.